The van der Waals surface area contributed by atoms with Crippen molar-refractivity contribution in [1.29, 1.82) is 0 Å². The Morgan fingerprint density at radius 3 is 2.47 bits per heavy atom. The fraction of sp³-hybridized carbons (Fsp3) is 0.250. The highest BCUT2D eigenvalue weighted by Gasteiger charge is 2.17. The van der Waals surface area contributed by atoms with E-state index < -0.39 is 0 Å². The lowest BCUT2D eigenvalue weighted by atomic mass is 10.3. The molecular weight excluding hydrogens is 304 g/mol. The first-order valence-corrected chi connectivity index (χ1v) is 6.82. The van der Waals surface area contributed by atoms with Crippen molar-refractivity contribution in [3.63, 3.8) is 0 Å². The molecule has 0 spiro atoms. The molecule has 0 saturated carbocycles. The van der Waals surface area contributed by atoms with Crippen molar-refractivity contribution in [2.24, 2.45) is 0 Å². The summed E-state index contributed by atoms with van der Waals surface area (Å²) in [5, 5.41) is 0.849. The van der Waals surface area contributed by atoms with Gasteiger partial charge in [0, 0.05) is 11.9 Å². The molecule has 0 amide bonds. The molecule has 0 aliphatic rings. The standard InChI is InChI=1S/C12H12BrClN2O/c1-2-15-10(8-13)11(14)12(17)16(15)9-6-4-3-5-7-9/h3-7H,2,8H2,1H3. The van der Waals surface area contributed by atoms with E-state index in [4.69, 9.17) is 11.6 Å². The van der Waals surface area contributed by atoms with E-state index in [9.17, 15) is 4.79 Å². The molecule has 0 atom stereocenters. The number of aromatic nitrogens is 2. The van der Waals surface area contributed by atoms with Gasteiger partial charge in [-0.25, -0.2) is 4.68 Å². The Balaban J connectivity index is 2.74. The maximum Gasteiger partial charge on any atom is 0.290 e. The van der Waals surface area contributed by atoms with Crippen LogP contribution in [-0.2, 0) is 11.9 Å². The quantitative estimate of drug-likeness (QED) is 0.799. The minimum Gasteiger partial charge on any atom is -0.280 e. The van der Waals surface area contributed by atoms with E-state index >= 15 is 0 Å². The monoisotopic (exact) mass is 314 g/mol. The third-order valence-corrected chi connectivity index (χ3v) is 3.52. The van der Waals surface area contributed by atoms with Crippen molar-refractivity contribution in [2.45, 2.75) is 18.8 Å². The molecule has 2 aromatic rings. The van der Waals surface area contributed by atoms with Crippen LogP contribution in [0.3, 0.4) is 0 Å². The highest BCUT2D eigenvalue weighted by Crippen LogP contribution is 2.18. The van der Waals surface area contributed by atoms with Gasteiger partial charge in [-0.3, -0.25) is 9.48 Å². The van der Waals surface area contributed by atoms with Crippen molar-refractivity contribution >= 4 is 27.5 Å². The molecule has 90 valence electrons. The molecular formula is C12H12BrClN2O. The lowest BCUT2D eigenvalue weighted by Gasteiger charge is -2.11. The number of hydrogen-bond donors (Lipinski definition) is 0. The van der Waals surface area contributed by atoms with E-state index in [0.29, 0.717) is 11.9 Å². The smallest absolute Gasteiger partial charge is 0.280 e. The largest absolute Gasteiger partial charge is 0.290 e. The summed E-state index contributed by atoms with van der Waals surface area (Å²) in [6.45, 7) is 2.68. The number of nitrogens with zero attached hydrogens (tertiary/aromatic N) is 2. The molecule has 17 heavy (non-hydrogen) atoms. The van der Waals surface area contributed by atoms with E-state index in [1.807, 2.05) is 41.9 Å². The molecule has 0 bridgehead atoms. The summed E-state index contributed by atoms with van der Waals surface area (Å²) >= 11 is 9.43. The summed E-state index contributed by atoms with van der Waals surface area (Å²) in [4.78, 5) is 12.1. The van der Waals surface area contributed by atoms with Crippen LogP contribution >= 0.6 is 27.5 Å². The maximum atomic E-state index is 12.1. The van der Waals surface area contributed by atoms with E-state index in [1.165, 1.54) is 0 Å². The number of hydrogen-bond acceptors (Lipinski definition) is 1. The first-order chi connectivity index (χ1) is 8.20. The van der Waals surface area contributed by atoms with Gasteiger partial charge in [0.15, 0.2) is 0 Å². The van der Waals surface area contributed by atoms with Crippen molar-refractivity contribution < 1.29 is 0 Å². The van der Waals surface area contributed by atoms with Crippen molar-refractivity contribution in [1.82, 2.24) is 9.36 Å². The topological polar surface area (TPSA) is 26.9 Å². The molecule has 3 nitrogen and oxygen atoms in total. The number of para-hydroxylation sites is 1. The molecule has 0 saturated heterocycles. The predicted octanol–water partition coefficient (Wildman–Crippen LogP) is 3.21. The SMILES string of the molecule is CCn1c(CBr)c(Cl)c(=O)n1-c1ccccc1. The molecule has 0 aliphatic carbocycles. The van der Waals surface area contributed by atoms with Gasteiger partial charge in [-0.05, 0) is 19.1 Å². The van der Waals surface area contributed by atoms with Crippen LogP contribution in [0.5, 0.6) is 0 Å². The van der Waals surface area contributed by atoms with Crippen LogP contribution in [0.4, 0.5) is 0 Å². The summed E-state index contributed by atoms with van der Waals surface area (Å²) in [7, 11) is 0. The molecule has 0 N–H and O–H groups in total. The zero-order valence-corrected chi connectivity index (χ0v) is 11.7. The van der Waals surface area contributed by atoms with Crippen LogP contribution in [0.15, 0.2) is 35.1 Å². The first-order valence-electron chi connectivity index (χ1n) is 5.32. The lowest BCUT2D eigenvalue weighted by molar-refractivity contribution is 0.558. The number of alkyl halides is 1. The molecule has 1 aromatic carbocycles. The van der Waals surface area contributed by atoms with Crippen LogP contribution in [0, 0.1) is 0 Å². The average Bonchev–Trinajstić information content (AvgIpc) is 2.62. The molecule has 1 aromatic heterocycles. The van der Waals surface area contributed by atoms with Gasteiger partial charge < -0.3 is 0 Å². The van der Waals surface area contributed by atoms with Gasteiger partial charge in [0.1, 0.15) is 5.02 Å². The third kappa shape index (κ3) is 2.07. The van der Waals surface area contributed by atoms with E-state index in [1.54, 1.807) is 4.68 Å². The van der Waals surface area contributed by atoms with Gasteiger partial charge in [0.05, 0.1) is 11.4 Å². The van der Waals surface area contributed by atoms with Gasteiger partial charge in [0.25, 0.3) is 5.56 Å². The number of benzene rings is 1. The molecule has 5 heteroatoms. The predicted molar refractivity (Wildman–Crippen MR) is 73.3 cm³/mol. The van der Waals surface area contributed by atoms with Gasteiger partial charge in [-0.2, -0.15) is 0 Å². The van der Waals surface area contributed by atoms with Crippen molar-refractivity contribution in [2.75, 3.05) is 0 Å². The van der Waals surface area contributed by atoms with Crippen LogP contribution in [0.25, 0.3) is 5.69 Å². The summed E-state index contributed by atoms with van der Waals surface area (Å²) in [5.41, 5.74) is 1.46. The fourth-order valence-corrected chi connectivity index (χ4v) is 2.82. The van der Waals surface area contributed by atoms with Crippen LogP contribution in [0.1, 0.15) is 12.6 Å². The van der Waals surface area contributed by atoms with E-state index in [-0.39, 0.29) is 10.6 Å². The second-order valence-electron chi connectivity index (χ2n) is 3.56. The number of rotatable bonds is 3. The highest BCUT2D eigenvalue weighted by atomic mass is 79.9. The normalized spacial score (nSPS) is 10.8. The molecule has 0 fully saturated rings. The Morgan fingerprint density at radius 2 is 1.94 bits per heavy atom. The van der Waals surface area contributed by atoms with Gasteiger partial charge >= 0.3 is 0 Å². The molecule has 0 aliphatic heterocycles. The Kier molecular flexibility index (Phi) is 3.74. The molecule has 0 radical (unpaired) electrons. The number of halogens is 2. The minimum absolute atomic E-state index is 0.172. The highest BCUT2D eigenvalue weighted by molar-refractivity contribution is 9.08. The Bertz CT molecular complexity index is 574. The second kappa shape index (κ2) is 5.10. The Labute approximate surface area is 113 Å². The third-order valence-electron chi connectivity index (χ3n) is 2.61. The van der Waals surface area contributed by atoms with Crippen LogP contribution in [-0.4, -0.2) is 9.36 Å². The first kappa shape index (κ1) is 12.5. The molecule has 2 rings (SSSR count). The fourth-order valence-electron chi connectivity index (χ4n) is 1.85. The summed E-state index contributed by atoms with van der Waals surface area (Å²) in [6, 6.07) is 9.50. The van der Waals surface area contributed by atoms with Gasteiger partial charge in [0.2, 0.25) is 0 Å². The Hall–Kier alpha value is -1.00. The van der Waals surface area contributed by atoms with Crippen LogP contribution in [0.2, 0.25) is 5.02 Å². The Morgan fingerprint density at radius 1 is 1.29 bits per heavy atom. The average molecular weight is 316 g/mol. The van der Waals surface area contributed by atoms with Gasteiger partial charge in [-0.1, -0.05) is 45.7 Å². The molecule has 1 heterocycles. The lowest BCUT2D eigenvalue weighted by Crippen LogP contribution is -2.21. The zero-order valence-electron chi connectivity index (χ0n) is 9.36. The minimum atomic E-state index is -0.172. The van der Waals surface area contributed by atoms with E-state index in [0.717, 1.165) is 11.4 Å². The molecule has 0 unspecified atom stereocenters. The van der Waals surface area contributed by atoms with Crippen molar-refractivity contribution in [3.05, 3.63) is 51.4 Å². The summed E-state index contributed by atoms with van der Waals surface area (Å²) < 4.78 is 3.49. The van der Waals surface area contributed by atoms with Crippen LogP contribution < -0.4 is 5.56 Å². The summed E-state index contributed by atoms with van der Waals surface area (Å²) in [5.74, 6) is 0. The van der Waals surface area contributed by atoms with E-state index in [2.05, 4.69) is 15.9 Å². The summed E-state index contributed by atoms with van der Waals surface area (Å²) in [6.07, 6.45) is 0. The van der Waals surface area contributed by atoms with Gasteiger partial charge in [-0.15, -0.1) is 0 Å². The maximum absolute atomic E-state index is 12.1. The zero-order chi connectivity index (χ0) is 12.4. The second-order valence-corrected chi connectivity index (χ2v) is 4.50. The van der Waals surface area contributed by atoms with Crippen molar-refractivity contribution in [3.8, 4) is 5.69 Å².